The molecule has 0 amide bonds. The molecular weight excluding hydrogens is 400 g/mol. The van der Waals surface area contributed by atoms with Crippen LogP contribution in [0.1, 0.15) is 38.7 Å². The molecule has 2 nitrogen and oxygen atoms in total. The quantitative estimate of drug-likeness (QED) is 0.266. The van der Waals surface area contributed by atoms with Crippen molar-refractivity contribution in [1.29, 1.82) is 0 Å². The van der Waals surface area contributed by atoms with E-state index in [0.29, 0.717) is 11.4 Å². The van der Waals surface area contributed by atoms with Crippen LogP contribution in [0.2, 0.25) is 0 Å². The molecule has 2 aromatic heterocycles. The Bertz CT molecular complexity index is 1950. The van der Waals surface area contributed by atoms with Gasteiger partial charge in [0.25, 0.3) is 0 Å². The first-order valence-corrected chi connectivity index (χ1v) is 10.7. The highest BCUT2D eigenvalue weighted by Crippen LogP contribution is 2.42. The second-order valence-corrected chi connectivity index (χ2v) is 8.39. The SMILES string of the molecule is [2H]c1c([2H])c([2H])c2c(c1[2H])c(C(C)(C)c1c([2H])n(-c3ccccc3)c3c([2H])c([2H])c([2H])c([2H])c13)c([2H])n2-c1ccccc1. The normalized spacial score (nSPS) is 16.2. The van der Waals surface area contributed by atoms with E-state index in [1.807, 2.05) is 0 Å². The summed E-state index contributed by atoms with van der Waals surface area (Å²) >= 11 is 0. The van der Waals surface area contributed by atoms with Crippen LogP contribution in [-0.2, 0) is 5.41 Å². The summed E-state index contributed by atoms with van der Waals surface area (Å²) in [5, 5.41) is 0.233. The number of aromatic nitrogens is 2. The number of benzene rings is 4. The zero-order chi connectivity index (χ0) is 31.1. The molecule has 0 unspecified atom stereocenters. The average molecular weight is 437 g/mol. The Balaban J connectivity index is 1.84. The Morgan fingerprint density at radius 3 is 1.39 bits per heavy atom. The summed E-state index contributed by atoms with van der Waals surface area (Å²) < 4.78 is 90.9. The molecule has 0 aliphatic carbocycles. The lowest BCUT2D eigenvalue weighted by Gasteiger charge is -2.24. The molecule has 2 heteroatoms. The zero-order valence-corrected chi connectivity index (χ0v) is 18.2. The summed E-state index contributed by atoms with van der Waals surface area (Å²) in [7, 11) is 0. The summed E-state index contributed by atoms with van der Waals surface area (Å²) in [6.07, 6.45) is -0.224. The lowest BCUT2D eigenvalue weighted by atomic mass is 9.78. The third-order valence-corrected chi connectivity index (χ3v) is 6.01. The molecule has 4 aromatic carbocycles. The van der Waals surface area contributed by atoms with Crippen molar-refractivity contribution in [2.75, 3.05) is 0 Å². The summed E-state index contributed by atoms with van der Waals surface area (Å²) in [4.78, 5) is 0. The number of para-hydroxylation sites is 4. The van der Waals surface area contributed by atoms with Crippen LogP contribution < -0.4 is 0 Å². The molecule has 2 heterocycles. The number of hydrogen-bond acceptors (Lipinski definition) is 0. The molecule has 0 spiro atoms. The van der Waals surface area contributed by atoms with E-state index in [2.05, 4.69) is 0 Å². The predicted octanol–water partition coefficient (Wildman–Crippen LogP) is 7.90. The fourth-order valence-electron chi connectivity index (χ4n) is 4.33. The standard InChI is InChI=1S/C31H26N2/c1-31(2,27-21-32(23-13-5-3-6-14-23)29-19-11-9-17-25(27)29)28-22-33(24-15-7-4-8-16-24)30-20-12-10-18-26(28)30/h3-22H,1-2H3/i9D,10D,11D,12D,17D,18D,19D,20D,21D,22D. The van der Waals surface area contributed by atoms with Gasteiger partial charge in [0, 0.05) is 39.9 Å². The van der Waals surface area contributed by atoms with Gasteiger partial charge in [-0.3, -0.25) is 0 Å². The number of hydrogen-bond donors (Lipinski definition) is 0. The molecule has 0 aliphatic heterocycles. The molecule has 6 rings (SSSR count). The molecule has 33 heavy (non-hydrogen) atoms. The zero-order valence-electron chi connectivity index (χ0n) is 28.2. The van der Waals surface area contributed by atoms with Crippen molar-refractivity contribution in [1.82, 2.24) is 9.13 Å². The molecule has 0 radical (unpaired) electrons. The molecule has 6 aromatic rings. The molecule has 160 valence electrons. The topological polar surface area (TPSA) is 9.86 Å². The maximum absolute atomic E-state index is 9.43. The van der Waals surface area contributed by atoms with E-state index >= 15 is 0 Å². The Hall–Kier alpha value is -4.04. The molecule has 0 atom stereocenters. The minimum absolute atomic E-state index is 0.112. The van der Waals surface area contributed by atoms with Crippen molar-refractivity contribution in [2.24, 2.45) is 0 Å². The van der Waals surface area contributed by atoms with Gasteiger partial charge in [-0.05, 0) is 47.5 Å². The maximum atomic E-state index is 9.43. The highest BCUT2D eigenvalue weighted by atomic mass is 15.0. The smallest absolute Gasteiger partial charge is 0.0826 e. The lowest BCUT2D eigenvalue weighted by Crippen LogP contribution is -2.18. The van der Waals surface area contributed by atoms with Crippen molar-refractivity contribution in [3.8, 4) is 11.4 Å². The molecule has 0 aliphatic rings. The van der Waals surface area contributed by atoms with Crippen LogP contribution >= 0.6 is 0 Å². The van der Waals surface area contributed by atoms with Gasteiger partial charge in [-0.15, -0.1) is 0 Å². The Kier molecular flexibility index (Phi) is 2.67. The Morgan fingerprint density at radius 1 is 0.576 bits per heavy atom. The van der Waals surface area contributed by atoms with E-state index in [4.69, 9.17) is 11.0 Å². The van der Waals surface area contributed by atoms with Crippen molar-refractivity contribution in [3.05, 3.63) is 132 Å². The molecule has 0 fully saturated rings. The third-order valence-electron chi connectivity index (χ3n) is 6.01. The van der Waals surface area contributed by atoms with E-state index in [-0.39, 0.29) is 69.4 Å². The van der Waals surface area contributed by atoms with Gasteiger partial charge in [0.2, 0.25) is 0 Å². The van der Waals surface area contributed by atoms with Crippen molar-refractivity contribution in [2.45, 2.75) is 19.3 Å². The highest BCUT2D eigenvalue weighted by molar-refractivity contribution is 5.91. The van der Waals surface area contributed by atoms with E-state index in [0.717, 1.165) is 0 Å². The molecular formula is C31H26N2. The second kappa shape index (κ2) is 7.53. The maximum Gasteiger partial charge on any atom is 0.0826 e. The van der Waals surface area contributed by atoms with Gasteiger partial charge >= 0.3 is 0 Å². The summed E-state index contributed by atoms with van der Waals surface area (Å²) in [5.41, 5.74) is 0.351. The number of fused-ring (bicyclic) bond motifs is 2. The van der Waals surface area contributed by atoms with Crippen LogP contribution in [0.4, 0.5) is 0 Å². The minimum atomic E-state index is -1.35. The average Bonchev–Trinajstić information content (AvgIpc) is 3.50. The van der Waals surface area contributed by atoms with Crippen molar-refractivity contribution >= 4 is 21.8 Å². The third kappa shape index (κ3) is 3.10. The fourth-order valence-corrected chi connectivity index (χ4v) is 4.33. The van der Waals surface area contributed by atoms with E-state index in [1.54, 1.807) is 74.5 Å². The highest BCUT2D eigenvalue weighted by Gasteiger charge is 2.31. The van der Waals surface area contributed by atoms with Gasteiger partial charge < -0.3 is 9.13 Å². The largest absolute Gasteiger partial charge is 0.316 e. The summed E-state index contributed by atoms with van der Waals surface area (Å²) in [6, 6.07) is 14.6. The first-order valence-electron chi connectivity index (χ1n) is 15.7. The van der Waals surface area contributed by atoms with Crippen LogP contribution in [0, 0.1) is 0 Å². The molecule has 0 saturated carbocycles. The predicted molar refractivity (Wildman–Crippen MR) is 139 cm³/mol. The van der Waals surface area contributed by atoms with E-state index in [1.165, 1.54) is 9.13 Å². The first-order chi connectivity index (χ1) is 20.3. The van der Waals surface area contributed by atoms with Crippen LogP contribution in [-0.4, -0.2) is 9.13 Å². The van der Waals surface area contributed by atoms with Gasteiger partial charge in [-0.1, -0.05) is 86.5 Å². The first kappa shape index (κ1) is 11.7. The van der Waals surface area contributed by atoms with Crippen LogP contribution in [0.5, 0.6) is 0 Å². The van der Waals surface area contributed by atoms with E-state index in [9.17, 15) is 2.74 Å². The number of rotatable bonds is 4. The Labute approximate surface area is 208 Å². The Morgan fingerprint density at radius 2 is 0.970 bits per heavy atom. The molecule has 0 N–H and O–H groups in total. The van der Waals surface area contributed by atoms with Crippen LogP contribution in [0.3, 0.4) is 0 Å². The van der Waals surface area contributed by atoms with Gasteiger partial charge in [0.05, 0.1) is 24.7 Å². The lowest BCUT2D eigenvalue weighted by molar-refractivity contribution is 0.650. The summed E-state index contributed by atoms with van der Waals surface area (Å²) in [5.74, 6) is 0. The van der Waals surface area contributed by atoms with Crippen LogP contribution in [0.15, 0.2) is 121 Å². The van der Waals surface area contributed by atoms with Gasteiger partial charge in [0.1, 0.15) is 0 Å². The van der Waals surface area contributed by atoms with Gasteiger partial charge in [0.15, 0.2) is 0 Å². The molecule has 0 saturated heterocycles. The van der Waals surface area contributed by atoms with Crippen molar-refractivity contribution < 1.29 is 13.7 Å². The van der Waals surface area contributed by atoms with Gasteiger partial charge in [-0.2, -0.15) is 0 Å². The minimum Gasteiger partial charge on any atom is -0.316 e. The summed E-state index contributed by atoms with van der Waals surface area (Å²) in [6.45, 7) is 3.44. The van der Waals surface area contributed by atoms with Crippen LogP contribution in [0.25, 0.3) is 33.2 Å². The van der Waals surface area contributed by atoms with E-state index < -0.39 is 29.6 Å². The molecule has 0 bridgehead atoms. The van der Waals surface area contributed by atoms with Gasteiger partial charge in [-0.25, -0.2) is 0 Å². The monoisotopic (exact) mass is 436 g/mol. The fraction of sp³-hybridized carbons (Fsp3) is 0.0968. The second-order valence-electron chi connectivity index (χ2n) is 8.39. The number of nitrogens with zero attached hydrogens (tertiary/aromatic N) is 2. The van der Waals surface area contributed by atoms with Crippen molar-refractivity contribution in [3.63, 3.8) is 0 Å².